The van der Waals surface area contributed by atoms with Crippen molar-refractivity contribution >= 4 is 45.8 Å². The van der Waals surface area contributed by atoms with Crippen LogP contribution in [0.4, 0.5) is 0 Å². The third-order valence-corrected chi connectivity index (χ3v) is 2.76. The van der Waals surface area contributed by atoms with E-state index in [9.17, 15) is 14.4 Å². The molecule has 0 radical (unpaired) electrons. The van der Waals surface area contributed by atoms with Crippen molar-refractivity contribution in [2.75, 3.05) is 18.9 Å². The van der Waals surface area contributed by atoms with Crippen LogP contribution in [0.3, 0.4) is 0 Å². The highest BCUT2D eigenvalue weighted by atomic mass is 32.2. The minimum Gasteiger partial charge on any atom is -0.395 e. The summed E-state index contributed by atoms with van der Waals surface area (Å²) in [6.07, 6.45) is 5.01. The first kappa shape index (κ1) is 17.6. The van der Waals surface area contributed by atoms with E-state index in [1.165, 1.54) is 36.1 Å². The first-order chi connectivity index (χ1) is 8.99. The second kappa shape index (κ2) is 10.6. The number of thiocarbonyl (C=S) groups is 1. The van der Waals surface area contributed by atoms with Crippen molar-refractivity contribution in [1.82, 2.24) is 5.32 Å². The fourth-order valence-corrected chi connectivity index (χ4v) is 1.57. The van der Waals surface area contributed by atoms with Gasteiger partial charge in [-0.25, -0.2) is 0 Å². The number of amides is 1. The number of nitrogens with two attached hydrogens (primary N) is 1. The summed E-state index contributed by atoms with van der Waals surface area (Å²) in [6, 6.07) is 0. The van der Waals surface area contributed by atoms with Gasteiger partial charge >= 0.3 is 0 Å². The lowest BCUT2D eigenvalue weighted by atomic mass is 10.2. The number of rotatable bonds is 1. The topological polar surface area (TPSA) is 109 Å². The molecule has 0 atom stereocenters. The molecule has 1 fully saturated rings. The van der Waals surface area contributed by atoms with Gasteiger partial charge in [0.2, 0.25) is 5.91 Å². The SMILES string of the molecule is NCCO.O=C1C=CC(=O)C=C1.O=C1CSC(=S)N1. The van der Waals surface area contributed by atoms with Gasteiger partial charge in [0.15, 0.2) is 11.6 Å². The maximum atomic E-state index is 10.3. The van der Waals surface area contributed by atoms with Gasteiger partial charge in [0, 0.05) is 6.54 Å². The molecule has 104 valence electrons. The Bertz CT molecular complexity index is 365. The molecular formula is C11H14N2O4S2. The van der Waals surface area contributed by atoms with E-state index in [2.05, 4.69) is 17.5 Å². The van der Waals surface area contributed by atoms with Gasteiger partial charge in [0.25, 0.3) is 0 Å². The maximum absolute atomic E-state index is 10.3. The van der Waals surface area contributed by atoms with Gasteiger partial charge in [0.1, 0.15) is 4.32 Å². The first-order valence-electron chi connectivity index (χ1n) is 5.21. The van der Waals surface area contributed by atoms with E-state index in [0.717, 1.165) is 0 Å². The maximum Gasteiger partial charge on any atom is 0.235 e. The Morgan fingerprint density at radius 3 is 1.79 bits per heavy atom. The summed E-state index contributed by atoms with van der Waals surface area (Å²) in [5.41, 5.74) is 4.78. The summed E-state index contributed by atoms with van der Waals surface area (Å²) in [7, 11) is 0. The molecule has 0 spiro atoms. The van der Waals surface area contributed by atoms with Crippen LogP contribution in [0.15, 0.2) is 24.3 Å². The van der Waals surface area contributed by atoms with Crippen molar-refractivity contribution in [3.05, 3.63) is 24.3 Å². The number of hydrogen-bond acceptors (Lipinski definition) is 7. The third kappa shape index (κ3) is 10.3. The molecule has 6 nitrogen and oxygen atoms in total. The summed E-state index contributed by atoms with van der Waals surface area (Å²) < 4.78 is 0.602. The standard InChI is InChI=1S/C6H4O2.C3H3NOS2.C2H7NO/c7-5-1-2-6(8)4-3-5;5-2-1-7-3(6)4-2;3-1-2-4/h1-4H;1H2,(H,4,5,6);4H,1-3H2. The van der Waals surface area contributed by atoms with Crippen molar-refractivity contribution in [2.24, 2.45) is 5.73 Å². The Kier molecular flexibility index (Phi) is 9.81. The molecule has 1 aliphatic heterocycles. The lowest BCUT2D eigenvalue weighted by Gasteiger charge is -1.87. The van der Waals surface area contributed by atoms with Crippen LogP contribution in [0.1, 0.15) is 0 Å². The molecule has 1 amide bonds. The van der Waals surface area contributed by atoms with Crippen LogP contribution in [0.5, 0.6) is 0 Å². The molecule has 0 unspecified atom stereocenters. The van der Waals surface area contributed by atoms with Gasteiger partial charge < -0.3 is 16.2 Å². The Morgan fingerprint density at radius 2 is 1.63 bits per heavy atom. The molecule has 19 heavy (non-hydrogen) atoms. The van der Waals surface area contributed by atoms with Crippen LogP contribution in [0, 0.1) is 0 Å². The lowest BCUT2D eigenvalue weighted by Crippen LogP contribution is -2.18. The number of carbonyl (C=O) groups is 3. The monoisotopic (exact) mass is 302 g/mol. The number of hydrogen-bond donors (Lipinski definition) is 3. The van der Waals surface area contributed by atoms with Crippen molar-refractivity contribution in [1.29, 1.82) is 0 Å². The van der Waals surface area contributed by atoms with Crippen molar-refractivity contribution in [2.45, 2.75) is 0 Å². The fourth-order valence-electron chi connectivity index (χ4n) is 0.757. The quantitative estimate of drug-likeness (QED) is 0.435. The van der Waals surface area contributed by atoms with Crippen LogP contribution in [-0.2, 0) is 14.4 Å². The average molecular weight is 302 g/mol. The van der Waals surface area contributed by atoms with Crippen LogP contribution in [-0.4, -0.2) is 45.8 Å². The number of ketones is 2. The van der Waals surface area contributed by atoms with Crippen molar-refractivity contribution in [3.8, 4) is 0 Å². The lowest BCUT2D eigenvalue weighted by molar-refractivity contribution is -0.117. The third-order valence-electron chi connectivity index (χ3n) is 1.53. The molecule has 2 aliphatic rings. The Morgan fingerprint density at radius 1 is 1.21 bits per heavy atom. The van der Waals surface area contributed by atoms with Crippen LogP contribution >= 0.6 is 24.0 Å². The van der Waals surface area contributed by atoms with Gasteiger partial charge in [-0.05, 0) is 24.3 Å². The molecule has 1 aliphatic carbocycles. The summed E-state index contributed by atoms with van der Waals surface area (Å²) >= 11 is 6.00. The normalized spacial score (nSPS) is 16.3. The van der Waals surface area contributed by atoms with E-state index in [1.807, 2.05) is 0 Å². The minimum atomic E-state index is -0.121. The van der Waals surface area contributed by atoms with E-state index >= 15 is 0 Å². The first-order valence-corrected chi connectivity index (χ1v) is 6.60. The number of aliphatic hydroxyl groups is 1. The number of thioether (sulfide) groups is 1. The van der Waals surface area contributed by atoms with Crippen molar-refractivity contribution < 1.29 is 19.5 Å². The largest absolute Gasteiger partial charge is 0.395 e. The number of allylic oxidation sites excluding steroid dienone is 4. The smallest absolute Gasteiger partial charge is 0.235 e. The van der Waals surface area contributed by atoms with E-state index in [-0.39, 0.29) is 24.1 Å². The van der Waals surface area contributed by atoms with Crippen LogP contribution in [0.2, 0.25) is 0 Å². The second-order valence-corrected chi connectivity index (χ2v) is 4.76. The molecule has 4 N–H and O–H groups in total. The molecule has 2 rings (SSSR count). The number of carbonyl (C=O) groups excluding carboxylic acids is 3. The number of aliphatic hydroxyl groups excluding tert-OH is 1. The Hall–Kier alpha value is -1.35. The highest BCUT2D eigenvalue weighted by Crippen LogP contribution is 2.07. The molecule has 8 heteroatoms. The Labute approximate surface area is 120 Å². The molecule has 1 heterocycles. The predicted molar refractivity (Wildman–Crippen MR) is 77.6 cm³/mol. The van der Waals surface area contributed by atoms with Crippen molar-refractivity contribution in [3.63, 3.8) is 0 Å². The van der Waals surface area contributed by atoms with Gasteiger partial charge in [0.05, 0.1) is 12.4 Å². The van der Waals surface area contributed by atoms with Gasteiger partial charge in [-0.2, -0.15) is 0 Å². The Balaban J connectivity index is 0.000000272. The predicted octanol–water partition coefficient (Wildman–Crippen LogP) is -0.678. The summed E-state index contributed by atoms with van der Waals surface area (Å²) in [6.45, 7) is 0.472. The molecular weight excluding hydrogens is 288 g/mol. The van der Waals surface area contributed by atoms with Crippen LogP contribution < -0.4 is 11.1 Å². The van der Waals surface area contributed by atoms with Gasteiger partial charge in [-0.15, -0.1) is 0 Å². The zero-order chi connectivity index (χ0) is 14.7. The van der Waals surface area contributed by atoms with Crippen LogP contribution in [0.25, 0.3) is 0 Å². The van der Waals surface area contributed by atoms with Gasteiger partial charge in [-0.1, -0.05) is 24.0 Å². The molecule has 0 aromatic rings. The summed E-state index contributed by atoms with van der Waals surface area (Å²) in [5.74, 6) is 0.281. The van der Waals surface area contributed by atoms with E-state index in [4.69, 9.17) is 10.8 Å². The minimum absolute atomic E-state index is 0.0231. The van der Waals surface area contributed by atoms with E-state index in [0.29, 0.717) is 16.6 Å². The average Bonchev–Trinajstić information content (AvgIpc) is 2.78. The zero-order valence-electron chi connectivity index (χ0n) is 10.00. The highest BCUT2D eigenvalue weighted by Gasteiger charge is 2.13. The molecule has 0 aromatic carbocycles. The van der Waals surface area contributed by atoms with E-state index < -0.39 is 0 Å². The molecule has 0 bridgehead atoms. The molecule has 0 aromatic heterocycles. The zero-order valence-corrected chi connectivity index (χ0v) is 11.6. The summed E-state index contributed by atoms with van der Waals surface area (Å²) in [5, 5.41) is 10.2. The highest BCUT2D eigenvalue weighted by molar-refractivity contribution is 8.24. The number of nitrogens with one attached hydrogen (secondary N) is 1. The second-order valence-electron chi connectivity index (χ2n) is 3.11. The summed E-state index contributed by atoms with van der Waals surface area (Å²) in [4.78, 5) is 30.8. The fraction of sp³-hybridized carbons (Fsp3) is 0.273. The van der Waals surface area contributed by atoms with Gasteiger partial charge in [-0.3, -0.25) is 14.4 Å². The molecule has 1 saturated heterocycles. The molecule has 0 saturated carbocycles. The van der Waals surface area contributed by atoms with E-state index in [1.54, 1.807) is 0 Å².